The molecule has 0 saturated heterocycles. The van der Waals surface area contributed by atoms with Gasteiger partial charge in [0, 0.05) is 17.7 Å². The van der Waals surface area contributed by atoms with Crippen LogP contribution in [0.5, 0.6) is 5.75 Å². The summed E-state index contributed by atoms with van der Waals surface area (Å²) in [6.45, 7) is 4.30. The standard InChI is InChI=1S/C24H23N3O4/c1-17-7-8-20(13-18(17)2)14-24(28)26-25-15-21-5-3-4-6-23(21)31-16-19-9-11-22(12-10-19)27(29)30/h3-13,15H,14,16H2,1-2H3,(H,26,28)/b25-15+. The molecule has 0 aromatic heterocycles. The molecule has 1 N–H and O–H groups in total. The number of amides is 1. The van der Waals surface area contributed by atoms with Gasteiger partial charge in [-0.25, -0.2) is 5.43 Å². The number of para-hydroxylation sites is 1. The van der Waals surface area contributed by atoms with Crippen LogP contribution in [0.25, 0.3) is 0 Å². The summed E-state index contributed by atoms with van der Waals surface area (Å²) in [7, 11) is 0. The minimum absolute atomic E-state index is 0.0350. The maximum Gasteiger partial charge on any atom is 0.269 e. The predicted molar refractivity (Wildman–Crippen MR) is 119 cm³/mol. The molecular weight excluding hydrogens is 394 g/mol. The Hall–Kier alpha value is -4.00. The SMILES string of the molecule is Cc1ccc(CC(=O)N/N=C/c2ccccc2OCc2ccc([N+](=O)[O-])cc2)cc1C. The van der Waals surface area contributed by atoms with Crippen LogP contribution in [0, 0.1) is 24.0 Å². The number of hydrazone groups is 1. The number of hydrogen-bond donors (Lipinski definition) is 1. The summed E-state index contributed by atoms with van der Waals surface area (Å²) in [6.07, 6.45) is 1.78. The first-order valence-electron chi connectivity index (χ1n) is 9.75. The molecular formula is C24H23N3O4. The number of nitro groups is 1. The number of nitrogens with zero attached hydrogens (tertiary/aromatic N) is 2. The summed E-state index contributed by atoms with van der Waals surface area (Å²) in [5.74, 6) is 0.386. The Kier molecular flexibility index (Phi) is 7.11. The monoisotopic (exact) mass is 417 g/mol. The minimum Gasteiger partial charge on any atom is -0.488 e. The van der Waals surface area contributed by atoms with Gasteiger partial charge in [-0.2, -0.15) is 5.10 Å². The minimum atomic E-state index is -0.440. The first-order chi connectivity index (χ1) is 14.9. The fourth-order valence-electron chi connectivity index (χ4n) is 2.91. The number of nitro benzene ring substituents is 1. The second-order valence-electron chi connectivity index (χ2n) is 7.14. The van der Waals surface area contributed by atoms with Crippen molar-refractivity contribution in [3.05, 3.63) is 105 Å². The van der Waals surface area contributed by atoms with Crippen LogP contribution < -0.4 is 10.2 Å². The van der Waals surface area contributed by atoms with E-state index in [4.69, 9.17) is 4.74 Å². The molecule has 0 bridgehead atoms. The lowest BCUT2D eigenvalue weighted by Crippen LogP contribution is -2.19. The van der Waals surface area contributed by atoms with Crippen molar-refractivity contribution in [2.45, 2.75) is 26.9 Å². The largest absolute Gasteiger partial charge is 0.488 e. The zero-order chi connectivity index (χ0) is 22.2. The third-order valence-corrected chi connectivity index (χ3v) is 4.79. The topological polar surface area (TPSA) is 93.8 Å². The number of non-ortho nitro benzene ring substituents is 1. The highest BCUT2D eigenvalue weighted by atomic mass is 16.6. The summed E-state index contributed by atoms with van der Waals surface area (Å²) in [5, 5.41) is 14.8. The average molecular weight is 417 g/mol. The molecule has 1 amide bonds. The van der Waals surface area contributed by atoms with Gasteiger partial charge in [-0.1, -0.05) is 30.3 Å². The molecule has 3 rings (SSSR count). The Morgan fingerprint density at radius 2 is 1.74 bits per heavy atom. The molecule has 0 saturated carbocycles. The lowest BCUT2D eigenvalue weighted by Gasteiger charge is -2.09. The average Bonchev–Trinajstić information content (AvgIpc) is 2.76. The van der Waals surface area contributed by atoms with Gasteiger partial charge < -0.3 is 4.74 Å². The number of benzene rings is 3. The van der Waals surface area contributed by atoms with E-state index in [2.05, 4.69) is 10.5 Å². The summed E-state index contributed by atoms with van der Waals surface area (Å²) in [6, 6.07) is 19.4. The fraction of sp³-hybridized carbons (Fsp3) is 0.167. The van der Waals surface area contributed by atoms with Gasteiger partial charge in [0.2, 0.25) is 5.91 Å². The van der Waals surface area contributed by atoms with E-state index in [1.54, 1.807) is 18.2 Å². The van der Waals surface area contributed by atoms with Crippen LogP contribution in [0.15, 0.2) is 71.8 Å². The van der Waals surface area contributed by atoms with Crippen LogP contribution in [0.1, 0.15) is 27.8 Å². The number of aryl methyl sites for hydroxylation is 2. The van der Waals surface area contributed by atoms with Crippen molar-refractivity contribution < 1.29 is 14.5 Å². The molecule has 7 nitrogen and oxygen atoms in total. The van der Waals surface area contributed by atoms with E-state index in [9.17, 15) is 14.9 Å². The highest BCUT2D eigenvalue weighted by Gasteiger charge is 2.07. The van der Waals surface area contributed by atoms with Gasteiger partial charge in [0.15, 0.2) is 0 Å². The molecule has 0 heterocycles. The Morgan fingerprint density at radius 3 is 2.45 bits per heavy atom. The van der Waals surface area contributed by atoms with E-state index in [1.807, 2.05) is 50.2 Å². The van der Waals surface area contributed by atoms with Gasteiger partial charge >= 0.3 is 0 Å². The highest BCUT2D eigenvalue weighted by molar-refractivity contribution is 5.85. The van der Waals surface area contributed by atoms with Crippen LogP contribution in [0.3, 0.4) is 0 Å². The second kappa shape index (κ2) is 10.2. The van der Waals surface area contributed by atoms with Gasteiger partial charge in [0.1, 0.15) is 12.4 Å². The van der Waals surface area contributed by atoms with Crippen LogP contribution in [0.2, 0.25) is 0 Å². The molecule has 158 valence electrons. The summed E-state index contributed by atoms with van der Waals surface area (Å²) < 4.78 is 5.83. The number of ether oxygens (including phenoxy) is 1. The van der Waals surface area contributed by atoms with Crippen molar-refractivity contribution >= 4 is 17.8 Å². The zero-order valence-electron chi connectivity index (χ0n) is 17.4. The first-order valence-corrected chi connectivity index (χ1v) is 9.75. The number of nitrogens with one attached hydrogen (secondary N) is 1. The summed E-state index contributed by atoms with van der Waals surface area (Å²) in [5.41, 5.74) is 7.35. The zero-order valence-corrected chi connectivity index (χ0v) is 17.4. The second-order valence-corrected chi connectivity index (χ2v) is 7.14. The Morgan fingerprint density at radius 1 is 1.03 bits per heavy atom. The third kappa shape index (κ3) is 6.24. The molecule has 0 aliphatic carbocycles. The Labute approximate surface area is 180 Å². The number of carbonyl (C=O) groups excluding carboxylic acids is 1. The maximum absolute atomic E-state index is 12.2. The molecule has 7 heteroatoms. The van der Waals surface area contributed by atoms with Crippen LogP contribution in [-0.2, 0) is 17.8 Å². The third-order valence-electron chi connectivity index (χ3n) is 4.79. The van der Waals surface area contributed by atoms with Gasteiger partial charge in [-0.3, -0.25) is 14.9 Å². The number of rotatable bonds is 8. The number of hydrogen-bond acceptors (Lipinski definition) is 5. The van der Waals surface area contributed by atoms with Crippen LogP contribution in [-0.4, -0.2) is 17.0 Å². The van der Waals surface area contributed by atoms with E-state index in [0.717, 1.165) is 16.7 Å². The van der Waals surface area contributed by atoms with E-state index in [0.29, 0.717) is 11.3 Å². The molecule has 0 fully saturated rings. The first kappa shape index (κ1) is 21.7. The fourth-order valence-corrected chi connectivity index (χ4v) is 2.91. The molecule has 0 atom stereocenters. The molecule has 0 aliphatic rings. The lowest BCUT2D eigenvalue weighted by molar-refractivity contribution is -0.384. The van der Waals surface area contributed by atoms with Crippen molar-refractivity contribution in [2.24, 2.45) is 5.10 Å². The van der Waals surface area contributed by atoms with Gasteiger partial charge in [0.05, 0.1) is 17.6 Å². The molecule has 0 unspecified atom stereocenters. The van der Waals surface area contributed by atoms with E-state index in [-0.39, 0.29) is 24.6 Å². The number of carbonyl (C=O) groups is 1. The van der Waals surface area contributed by atoms with Gasteiger partial charge in [0.25, 0.3) is 5.69 Å². The van der Waals surface area contributed by atoms with E-state index < -0.39 is 4.92 Å². The molecule has 31 heavy (non-hydrogen) atoms. The Balaban J connectivity index is 1.57. The predicted octanol–water partition coefficient (Wildman–Crippen LogP) is 4.48. The van der Waals surface area contributed by atoms with Crippen molar-refractivity contribution in [3.63, 3.8) is 0 Å². The van der Waals surface area contributed by atoms with E-state index >= 15 is 0 Å². The van der Waals surface area contributed by atoms with Gasteiger partial charge in [-0.15, -0.1) is 0 Å². The summed E-state index contributed by atoms with van der Waals surface area (Å²) in [4.78, 5) is 22.5. The van der Waals surface area contributed by atoms with E-state index in [1.165, 1.54) is 23.9 Å². The van der Waals surface area contributed by atoms with Crippen molar-refractivity contribution in [1.82, 2.24) is 5.43 Å². The Bertz CT molecular complexity index is 1110. The van der Waals surface area contributed by atoms with Crippen LogP contribution >= 0.6 is 0 Å². The maximum atomic E-state index is 12.2. The van der Waals surface area contributed by atoms with Crippen molar-refractivity contribution in [1.29, 1.82) is 0 Å². The quantitative estimate of drug-likeness (QED) is 0.332. The molecule has 0 radical (unpaired) electrons. The molecule has 0 spiro atoms. The molecule has 3 aromatic rings. The lowest BCUT2D eigenvalue weighted by atomic mass is 10.0. The normalized spacial score (nSPS) is 10.8. The summed E-state index contributed by atoms with van der Waals surface area (Å²) >= 11 is 0. The smallest absolute Gasteiger partial charge is 0.269 e. The molecule has 0 aliphatic heterocycles. The van der Waals surface area contributed by atoms with Crippen LogP contribution in [0.4, 0.5) is 5.69 Å². The highest BCUT2D eigenvalue weighted by Crippen LogP contribution is 2.19. The van der Waals surface area contributed by atoms with Crippen molar-refractivity contribution in [3.8, 4) is 5.75 Å². The van der Waals surface area contributed by atoms with Crippen molar-refractivity contribution in [2.75, 3.05) is 0 Å². The van der Waals surface area contributed by atoms with Gasteiger partial charge in [-0.05, 0) is 60.4 Å². The molecule has 3 aromatic carbocycles.